The van der Waals surface area contributed by atoms with Crippen molar-refractivity contribution in [3.05, 3.63) is 57.3 Å². The zero-order valence-corrected chi connectivity index (χ0v) is 18.2. The van der Waals surface area contributed by atoms with E-state index in [1.54, 1.807) is 16.7 Å². The van der Waals surface area contributed by atoms with Gasteiger partial charge in [0.15, 0.2) is 6.10 Å². The third-order valence-corrected chi connectivity index (χ3v) is 6.07. The first-order valence-corrected chi connectivity index (χ1v) is 10.7. The fraction of sp³-hybridized carbons (Fsp3) is 0.478. The molecular weight excluding hydrogens is 396 g/mol. The van der Waals surface area contributed by atoms with Crippen molar-refractivity contribution in [3.8, 4) is 5.75 Å². The van der Waals surface area contributed by atoms with Crippen LogP contribution in [0.1, 0.15) is 55.4 Å². The number of amides is 2. The number of nitrogens with one attached hydrogen (secondary N) is 1. The van der Waals surface area contributed by atoms with Crippen molar-refractivity contribution in [3.63, 3.8) is 0 Å². The van der Waals surface area contributed by atoms with Crippen LogP contribution in [-0.2, 0) is 22.6 Å². The quantitative estimate of drug-likeness (QED) is 0.811. The Morgan fingerprint density at radius 3 is 2.68 bits per heavy atom. The van der Waals surface area contributed by atoms with E-state index in [0.717, 1.165) is 18.4 Å². The van der Waals surface area contributed by atoms with E-state index in [-0.39, 0.29) is 23.4 Å². The number of carbonyl (C=O) groups excluding carboxylic acids is 2. The van der Waals surface area contributed by atoms with Crippen LogP contribution in [-0.4, -0.2) is 50.8 Å². The molecule has 1 saturated heterocycles. The molecule has 0 spiro atoms. The fourth-order valence-corrected chi connectivity index (χ4v) is 4.31. The van der Waals surface area contributed by atoms with E-state index in [4.69, 9.17) is 9.72 Å². The van der Waals surface area contributed by atoms with Gasteiger partial charge in [0.25, 0.3) is 11.5 Å². The third-order valence-electron chi connectivity index (χ3n) is 6.07. The monoisotopic (exact) mass is 424 g/mol. The fourth-order valence-electron chi connectivity index (χ4n) is 4.31. The van der Waals surface area contributed by atoms with E-state index < -0.39 is 6.10 Å². The van der Waals surface area contributed by atoms with Crippen LogP contribution in [0.3, 0.4) is 0 Å². The van der Waals surface area contributed by atoms with Crippen LogP contribution < -0.4 is 10.3 Å². The van der Waals surface area contributed by atoms with Crippen molar-refractivity contribution in [2.45, 2.75) is 58.7 Å². The largest absolute Gasteiger partial charge is 0.481 e. The second kappa shape index (κ2) is 8.53. The van der Waals surface area contributed by atoms with Gasteiger partial charge in [-0.25, -0.2) is 4.98 Å². The highest BCUT2D eigenvalue weighted by atomic mass is 16.5. The van der Waals surface area contributed by atoms with Gasteiger partial charge in [-0.1, -0.05) is 17.7 Å². The van der Waals surface area contributed by atoms with Gasteiger partial charge in [-0.3, -0.25) is 14.4 Å². The lowest BCUT2D eigenvalue weighted by Crippen LogP contribution is -2.42. The third kappa shape index (κ3) is 4.33. The van der Waals surface area contributed by atoms with Crippen molar-refractivity contribution < 1.29 is 14.3 Å². The van der Waals surface area contributed by atoms with E-state index in [9.17, 15) is 14.4 Å². The lowest BCUT2D eigenvalue weighted by atomic mass is 10.1. The zero-order valence-electron chi connectivity index (χ0n) is 18.2. The first-order valence-electron chi connectivity index (χ1n) is 10.7. The maximum absolute atomic E-state index is 13.1. The average Bonchev–Trinajstić information content (AvgIpc) is 3.24. The van der Waals surface area contributed by atoms with Gasteiger partial charge in [-0.05, 0) is 45.2 Å². The van der Waals surface area contributed by atoms with E-state index in [1.165, 1.54) is 6.92 Å². The molecule has 8 heteroatoms. The molecule has 0 radical (unpaired) electrons. The molecule has 0 aliphatic carbocycles. The molecule has 0 saturated carbocycles. The molecule has 1 fully saturated rings. The van der Waals surface area contributed by atoms with Crippen LogP contribution in [0.4, 0.5) is 0 Å². The normalized spacial score (nSPS) is 19.1. The standard InChI is InChI=1S/C23H28N4O4/c1-14-6-8-17(9-7-14)31-15(2)23(30)27-11-4-5-20(27)21-24-19-13-26(16(3)28)12-10-18(19)22(29)25-21/h6-9,15,20H,4-5,10-13H2,1-3H3,(H,24,25,29)/t15-,20+/m1/s1. The molecule has 1 aromatic heterocycles. The molecule has 4 rings (SSSR count). The molecule has 2 amide bonds. The van der Waals surface area contributed by atoms with E-state index in [1.807, 2.05) is 31.2 Å². The molecule has 2 aromatic rings. The second-order valence-corrected chi connectivity index (χ2v) is 8.33. The summed E-state index contributed by atoms with van der Waals surface area (Å²) in [6, 6.07) is 7.28. The first kappa shape index (κ1) is 21.1. The minimum Gasteiger partial charge on any atom is -0.481 e. The molecule has 2 aliphatic rings. The van der Waals surface area contributed by atoms with Crippen LogP contribution >= 0.6 is 0 Å². The summed E-state index contributed by atoms with van der Waals surface area (Å²) in [7, 11) is 0. The Morgan fingerprint density at radius 1 is 1.23 bits per heavy atom. The van der Waals surface area contributed by atoms with Gasteiger partial charge in [-0.2, -0.15) is 0 Å². The predicted molar refractivity (Wildman–Crippen MR) is 115 cm³/mol. The Hall–Kier alpha value is -3.16. The van der Waals surface area contributed by atoms with Gasteiger partial charge in [0.2, 0.25) is 5.91 Å². The molecule has 164 valence electrons. The Labute approximate surface area is 181 Å². The summed E-state index contributed by atoms with van der Waals surface area (Å²) in [6.07, 6.45) is 1.39. The summed E-state index contributed by atoms with van der Waals surface area (Å²) in [5.41, 5.74) is 2.21. The summed E-state index contributed by atoms with van der Waals surface area (Å²) in [6.45, 7) is 6.70. The number of aromatic nitrogens is 2. The lowest BCUT2D eigenvalue weighted by molar-refractivity contribution is -0.139. The number of likely N-dealkylation sites (tertiary alicyclic amines) is 1. The van der Waals surface area contributed by atoms with E-state index in [2.05, 4.69) is 4.98 Å². The molecule has 0 unspecified atom stereocenters. The van der Waals surface area contributed by atoms with Crippen LogP contribution in [0.15, 0.2) is 29.1 Å². The van der Waals surface area contributed by atoms with E-state index >= 15 is 0 Å². The lowest BCUT2D eigenvalue weighted by Gasteiger charge is -2.29. The highest BCUT2D eigenvalue weighted by molar-refractivity contribution is 5.81. The number of carbonyl (C=O) groups is 2. The highest BCUT2D eigenvalue weighted by Gasteiger charge is 2.35. The number of aromatic amines is 1. The number of hydrogen-bond acceptors (Lipinski definition) is 5. The van der Waals surface area contributed by atoms with Crippen LogP contribution in [0.2, 0.25) is 0 Å². The molecule has 0 bridgehead atoms. The molecular formula is C23H28N4O4. The summed E-state index contributed by atoms with van der Waals surface area (Å²) >= 11 is 0. The molecule has 1 aromatic carbocycles. The second-order valence-electron chi connectivity index (χ2n) is 8.33. The van der Waals surface area contributed by atoms with Crippen molar-refractivity contribution in [1.29, 1.82) is 0 Å². The molecule has 8 nitrogen and oxygen atoms in total. The maximum Gasteiger partial charge on any atom is 0.263 e. The smallest absolute Gasteiger partial charge is 0.263 e. The Balaban J connectivity index is 1.54. The molecule has 2 aliphatic heterocycles. The molecule has 31 heavy (non-hydrogen) atoms. The summed E-state index contributed by atoms with van der Waals surface area (Å²) < 4.78 is 5.85. The van der Waals surface area contributed by atoms with Gasteiger partial charge in [0.1, 0.15) is 11.6 Å². The minimum atomic E-state index is -0.652. The van der Waals surface area contributed by atoms with E-state index in [0.29, 0.717) is 48.9 Å². The number of H-pyrrole nitrogens is 1. The number of hydrogen-bond donors (Lipinski definition) is 1. The molecule has 1 N–H and O–H groups in total. The summed E-state index contributed by atoms with van der Waals surface area (Å²) in [4.78, 5) is 48.6. The van der Waals surface area contributed by atoms with Crippen molar-refractivity contribution in [2.24, 2.45) is 0 Å². The van der Waals surface area contributed by atoms with Crippen LogP contribution in [0.25, 0.3) is 0 Å². The number of benzene rings is 1. The van der Waals surface area contributed by atoms with Crippen molar-refractivity contribution in [1.82, 2.24) is 19.8 Å². The predicted octanol–water partition coefficient (Wildman–Crippen LogP) is 2.11. The van der Waals surface area contributed by atoms with Gasteiger partial charge in [-0.15, -0.1) is 0 Å². The van der Waals surface area contributed by atoms with Gasteiger partial charge in [0, 0.05) is 25.6 Å². The number of aryl methyl sites for hydroxylation is 1. The Kier molecular flexibility index (Phi) is 5.80. The Morgan fingerprint density at radius 2 is 1.97 bits per heavy atom. The molecule has 3 heterocycles. The SMILES string of the molecule is CC(=O)N1CCc2c(nc([C@@H]3CCCN3C(=O)[C@@H](C)Oc3ccc(C)cc3)[nH]c2=O)C1. The topological polar surface area (TPSA) is 95.6 Å². The Bertz CT molecular complexity index is 1050. The molecule has 2 atom stereocenters. The van der Waals surface area contributed by atoms with Crippen molar-refractivity contribution >= 4 is 11.8 Å². The summed E-state index contributed by atoms with van der Waals surface area (Å²) in [5.74, 6) is 0.970. The van der Waals surface area contributed by atoms with Gasteiger partial charge >= 0.3 is 0 Å². The minimum absolute atomic E-state index is 0.0333. The zero-order chi connectivity index (χ0) is 22.1. The van der Waals surface area contributed by atoms with Crippen molar-refractivity contribution in [2.75, 3.05) is 13.1 Å². The number of rotatable bonds is 4. The number of ether oxygens (including phenoxy) is 1. The summed E-state index contributed by atoms with van der Waals surface area (Å²) in [5, 5.41) is 0. The average molecular weight is 425 g/mol. The number of nitrogens with zero attached hydrogens (tertiary/aromatic N) is 3. The highest BCUT2D eigenvalue weighted by Crippen LogP contribution is 2.31. The van der Waals surface area contributed by atoms with Crippen LogP contribution in [0.5, 0.6) is 5.75 Å². The first-order chi connectivity index (χ1) is 14.8. The maximum atomic E-state index is 13.1. The van der Waals surface area contributed by atoms with Gasteiger partial charge in [0.05, 0.1) is 18.3 Å². The van der Waals surface area contributed by atoms with Gasteiger partial charge < -0.3 is 19.5 Å². The van der Waals surface area contributed by atoms with Crippen LogP contribution in [0, 0.1) is 6.92 Å². The number of fused-ring (bicyclic) bond motifs is 1.